The second kappa shape index (κ2) is 3.80. The molecule has 3 aromatic heterocycles. The van der Waals surface area contributed by atoms with Crippen molar-refractivity contribution in [1.29, 1.82) is 0 Å². The van der Waals surface area contributed by atoms with Crippen LogP contribution < -0.4 is 5.56 Å². The van der Waals surface area contributed by atoms with E-state index in [0.29, 0.717) is 11.2 Å². The minimum atomic E-state index is 0.00944. The van der Waals surface area contributed by atoms with E-state index < -0.39 is 0 Å². The molecular weight excluding hydrogens is 242 g/mol. The first-order valence-corrected chi connectivity index (χ1v) is 6.41. The van der Waals surface area contributed by atoms with Crippen LogP contribution in [0.1, 0.15) is 5.01 Å². The molecule has 3 heterocycles. The zero-order valence-corrected chi connectivity index (χ0v) is 9.79. The van der Waals surface area contributed by atoms with E-state index >= 15 is 0 Å². The van der Waals surface area contributed by atoms with Gasteiger partial charge >= 0.3 is 0 Å². The molecule has 80 valence electrons. The largest absolute Gasteiger partial charge is 0.291 e. The van der Waals surface area contributed by atoms with Gasteiger partial charge in [0.1, 0.15) is 9.71 Å². The van der Waals surface area contributed by atoms with Crippen molar-refractivity contribution in [1.82, 2.24) is 14.5 Å². The van der Waals surface area contributed by atoms with E-state index in [1.54, 1.807) is 17.1 Å². The molecule has 0 aromatic carbocycles. The number of hydrogen-bond donors (Lipinski definition) is 0. The Bertz CT molecular complexity index is 669. The molecule has 0 aliphatic carbocycles. The van der Waals surface area contributed by atoms with Crippen molar-refractivity contribution in [2.45, 2.75) is 6.54 Å². The second-order valence-electron chi connectivity index (χ2n) is 3.24. The Morgan fingerprint density at radius 3 is 3.00 bits per heavy atom. The van der Waals surface area contributed by atoms with E-state index in [1.165, 1.54) is 22.7 Å². The quantitative estimate of drug-likeness (QED) is 0.697. The highest BCUT2D eigenvalue weighted by Crippen LogP contribution is 2.13. The fourth-order valence-electron chi connectivity index (χ4n) is 1.47. The molecule has 0 amide bonds. The Kier molecular flexibility index (Phi) is 2.30. The number of fused-ring (bicyclic) bond motifs is 1. The van der Waals surface area contributed by atoms with Gasteiger partial charge in [0.25, 0.3) is 5.56 Å². The molecule has 16 heavy (non-hydrogen) atoms. The first-order chi connectivity index (χ1) is 7.84. The minimum Gasteiger partial charge on any atom is -0.291 e. The number of thiophene rings is 1. The van der Waals surface area contributed by atoms with Gasteiger partial charge in [0, 0.05) is 11.6 Å². The Labute approximate surface area is 98.8 Å². The molecule has 6 heteroatoms. The molecule has 0 unspecified atom stereocenters. The lowest BCUT2D eigenvalue weighted by molar-refractivity contribution is 0.745. The maximum Gasteiger partial charge on any atom is 0.271 e. The summed E-state index contributed by atoms with van der Waals surface area (Å²) in [5.74, 6) is 0. The molecule has 0 N–H and O–H groups in total. The summed E-state index contributed by atoms with van der Waals surface area (Å²) in [6, 6.07) is 1.86. The van der Waals surface area contributed by atoms with Gasteiger partial charge in [-0.3, -0.25) is 9.36 Å². The van der Waals surface area contributed by atoms with Crippen LogP contribution in [0.2, 0.25) is 0 Å². The Morgan fingerprint density at radius 2 is 2.19 bits per heavy atom. The predicted molar refractivity (Wildman–Crippen MR) is 65.1 cm³/mol. The van der Waals surface area contributed by atoms with E-state index in [2.05, 4.69) is 9.97 Å². The Balaban J connectivity index is 2.10. The summed E-state index contributed by atoms with van der Waals surface area (Å²) < 4.78 is 2.30. The zero-order chi connectivity index (χ0) is 11.0. The highest BCUT2D eigenvalue weighted by molar-refractivity contribution is 7.17. The van der Waals surface area contributed by atoms with Crippen LogP contribution in [0, 0.1) is 0 Å². The van der Waals surface area contributed by atoms with E-state index in [4.69, 9.17) is 0 Å². The molecule has 0 bridgehead atoms. The molecule has 0 atom stereocenters. The first kappa shape index (κ1) is 9.68. The number of nitrogens with zero attached hydrogens (tertiary/aromatic N) is 3. The van der Waals surface area contributed by atoms with Gasteiger partial charge in [-0.05, 0) is 11.4 Å². The normalized spacial score (nSPS) is 11.0. The summed E-state index contributed by atoms with van der Waals surface area (Å²) in [4.78, 5) is 20.4. The van der Waals surface area contributed by atoms with E-state index in [9.17, 15) is 4.79 Å². The Morgan fingerprint density at radius 1 is 1.25 bits per heavy atom. The van der Waals surface area contributed by atoms with E-state index in [-0.39, 0.29) is 5.56 Å². The zero-order valence-electron chi connectivity index (χ0n) is 8.16. The molecule has 0 fully saturated rings. The average molecular weight is 249 g/mol. The predicted octanol–water partition coefficient (Wildman–Crippen LogP) is 1.96. The van der Waals surface area contributed by atoms with Gasteiger partial charge in [0.2, 0.25) is 0 Å². The van der Waals surface area contributed by atoms with E-state index in [0.717, 1.165) is 10.5 Å². The third-order valence-corrected chi connectivity index (χ3v) is 3.88. The van der Waals surface area contributed by atoms with Crippen molar-refractivity contribution in [3.8, 4) is 0 Å². The summed E-state index contributed by atoms with van der Waals surface area (Å²) in [5.41, 5.74) is 0.778. The third kappa shape index (κ3) is 1.56. The van der Waals surface area contributed by atoms with Crippen LogP contribution in [0.15, 0.2) is 34.1 Å². The van der Waals surface area contributed by atoms with Crippen molar-refractivity contribution in [3.63, 3.8) is 0 Å². The van der Waals surface area contributed by atoms with Crippen LogP contribution in [0.25, 0.3) is 10.2 Å². The van der Waals surface area contributed by atoms with Crippen LogP contribution in [-0.2, 0) is 6.54 Å². The Hall–Kier alpha value is -1.53. The van der Waals surface area contributed by atoms with Crippen molar-refractivity contribution >= 4 is 32.9 Å². The van der Waals surface area contributed by atoms with Gasteiger partial charge in [0.05, 0.1) is 18.4 Å². The summed E-state index contributed by atoms with van der Waals surface area (Å²) in [5, 5.41) is 4.70. The van der Waals surface area contributed by atoms with Crippen LogP contribution in [0.4, 0.5) is 0 Å². The van der Waals surface area contributed by atoms with Gasteiger partial charge in [-0.2, -0.15) is 0 Å². The molecule has 0 saturated carbocycles. The lowest BCUT2D eigenvalue weighted by Gasteiger charge is -2.01. The average Bonchev–Trinajstić information content (AvgIpc) is 2.93. The number of hydrogen-bond acceptors (Lipinski definition) is 5. The number of aromatic nitrogens is 3. The number of rotatable bonds is 2. The summed E-state index contributed by atoms with van der Waals surface area (Å²) >= 11 is 2.97. The van der Waals surface area contributed by atoms with E-state index in [1.807, 2.05) is 16.8 Å². The highest BCUT2D eigenvalue weighted by atomic mass is 32.1. The van der Waals surface area contributed by atoms with Gasteiger partial charge < -0.3 is 0 Å². The smallest absolute Gasteiger partial charge is 0.271 e. The molecule has 0 aliphatic rings. The molecule has 4 nitrogen and oxygen atoms in total. The molecule has 0 radical (unpaired) electrons. The minimum absolute atomic E-state index is 0.00944. The van der Waals surface area contributed by atoms with Crippen LogP contribution in [-0.4, -0.2) is 14.5 Å². The molecule has 3 aromatic rings. The van der Waals surface area contributed by atoms with Gasteiger partial charge in [0.15, 0.2) is 0 Å². The van der Waals surface area contributed by atoms with Crippen LogP contribution in [0.3, 0.4) is 0 Å². The fraction of sp³-hybridized carbons (Fsp3) is 0.100. The topological polar surface area (TPSA) is 47.8 Å². The van der Waals surface area contributed by atoms with Crippen LogP contribution in [0.5, 0.6) is 0 Å². The second-order valence-corrected chi connectivity index (χ2v) is 5.13. The van der Waals surface area contributed by atoms with Gasteiger partial charge in [-0.1, -0.05) is 0 Å². The third-order valence-electron chi connectivity index (χ3n) is 2.22. The SMILES string of the molecule is O=c1c2sccc2ncn1Cc1nccs1. The van der Waals surface area contributed by atoms with Crippen LogP contribution >= 0.6 is 22.7 Å². The summed E-state index contributed by atoms with van der Waals surface area (Å²) in [6.45, 7) is 0.497. The molecular formula is C10H7N3OS2. The molecule has 3 rings (SSSR count). The fourth-order valence-corrected chi connectivity index (χ4v) is 2.88. The van der Waals surface area contributed by atoms with Crippen molar-refractivity contribution in [2.24, 2.45) is 0 Å². The maximum absolute atomic E-state index is 12.0. The monoisotopic (exact) mass is 249 g/mol. The standard InChI is InChI=1S/C10H7N3OS2/c14-10-9-7(1-3-16-9)12-6-13(10)5-8-11-2-4-15-8/h1-4,6H,5H2. The maximum atomic E-state index is 12.0. The summed E-state index contributed by atoms with van der Waals surface area (Å²) in [7, 11) is 0. The van der Waals surface area contributed by atoms with Crippen molar-refractivity contribution in [2.75, 3.05) is 0 Å². The molecule has 0 spiro atoms. The van der Waals surface area contributed by atoms with Gasteiger partial charge in [-0.25, -0.2) is 9.97 Å². The lowest BCUT2D eigenvalue weighted by Crippen LogP contribution is -2.20. The van der Waals surface area contributed by atoms with Crippen molar-refractivity contribution < 1.29 is 0 Å². The molecule has 0 aliphatic heterocycles. The first-order valence-electron chi connectivity index (χ1n) is 4.65. The summed E-state index contributed by atoms with van der Waals surface area (Å²) in [6.07, 6.45) is 3.32. The molecule has 0 saturated heterocycles. The lowest BCUT2D eigenvalue weighted by atomic mass is 10.4. The van der Waals surface area contributed by atoms with Crippen molar-refractivity contribution in [3.05, 3.63) is 44.7 Å². The van der Waals surface area contributed by atoms with Gasteiger partial charge in [-0.15, -0.1) is 22.7 Å². The number of thiazole rings is 1. The highest BCUT2D eigenvalue weighted by Gasteiger charge is 2.06.